The zero-order chi connectivity index (χ0) is 26.1. The normalized spacial score (nSPS) is 18.3. The van der Waals surface area contributed by atoms with Gasteiger partial charge in [0.25, 0.3) is 17.7 Å². The van der Waals surface area contributed by atoms with E-state index in [1.807, 2.05) is 6.92 Å². The Morgan fingerprint density at radius 2 is 1.89 bits per heavy atom. The highest BCUT2D eigenvalue weighted by atomic mass is 16.5. The Kier molecular flexibility index (Phi) is 6.59. The molecule has 0 aliphatic carbocycles. The first kappa shape index (κ1) is 24.4. The fourth-order valence-electron chi connectivity index (χ4n) is 4.23. The number of amides is 3. The third-order valence-electron chi connectivity index (χ3n) is 6.43. The number of anilines is 2. The SMILES string of the molecule is Cc1ccc(C(=O)N2CCC2)cc1N1CCOC(C(O)C(=O)Nc2ccc(-c3noc(=O)[nH]3)cc2)C1=O. The number of nitrogens with one attached hydrogen (secondary N) is 2. The number of aliphatic hydroxyl groups excluding tert-OH is 1. The molecular formula is C25H25N5O7. The van der Waals surface area contributed by atoms with E-state index in [4.69, 9.17) is 4.74 Å². The lowest BCUT2D eigenvalue weighted by Crippen LogP contribution is -2.55. The van der Waals surface area contributed by atoms with Gasteiger partial charge in [0.2, 0.25) is 0 Å². The van der Waals surface area contributed by atoms with Crippen LogP contribution in [0.2, 0.25) is 0 Å². The Hall–Kier alpha value is -4.29. The second-order valence-electron chi connectivity index (χ2n) is 8.88. The van der Waals surface area contributed by atoms with Crippen molar-refractivity contribution in [3.05, 3.63) is 64.1 Å². The van der Waals surface area contributed by atoms with Gasteiger partial charge in [0.05, 0.1) is 6.61 Å². The van der Waals surface area contributed by atoms with E-state index < -0.39 is 29.8 Å². The van der Waals surface area contributed by atoms with Crippen LogP contribution < -0.4 is 16.0 Å². The van der Waals surface area contributed by atoms with Gasteiger partial charge in [-0.25, -0.2) is 4.79 Å². The first-order valence-electron chi connectivity index (χ1n) is 11.8. The largest absolute Gasteiger partial charge is 0.439 e. The number of carbonyl (C=O) groups is 3. The van der Waals surface area contributed by atoms with Crippen molar-refractivity contribution >= 4 is 29.1 Å². The van der Waals surface area contributed by atoms with Crippen LogP contribution in [0.25, 0.3) is 11.4 Å². The van der Waals surface area contributed by atoms with Gasteiger partial charge in [-0.3, -0.25) is 23.9 Å². The molecule has 2 unspecified atom stereocenters. The number of morpholine rings is 1. The lowest BCUT2D eigenvalue weighted by Gasteiger charge is -2.35. The third-order valence-corrected chi connectivity index (χ3v) is 6.43. The molecule has 12 heteroatoms. The molecule has 3 amide bonds. The van der Waals surface area contributed by atoms with Crippen LogP contribution >= 0.6 is 0 Å². The summed E-state index contributed by atoms with van der Waals surface area (Å²) in [5.74, 6) is -1.94. The number of rotatable bonds is 6. The van der Waals surface area contributed by atoms with Crippen LogP contribution in [0.15, 0.2) is 51.8 Å². The zero-order valence-corrected chi connectivity index (χ0v) is 20.0. The van der Waals surface area contributed by atoms with Crippen LogP contribution in [0, 0.1) is 6.92 Å². The van der Waals surface area contributed by atoms with Gasteiger partial charge in [0.15, 0.2) is 18.0 Å². The minimum absolute atomic E-state index is 0.0925. The summed E-state index contributed by atoms with van der Waals surface area (Å²) >= 11 is 0. The monoisotopic (exact) mass is 507 g/mol. The van der Waals surface area contributed by atoms with E-state index in [0.29, 0.717) is 35.6 Å². The molecule has 3 heterocycles. The highest BCUT2D eigenvalue weighted by Crippen LogP contribution is 2.27. The van der Waals surface area contributed by atoms with Crippen molar-refractivity contribution in [2.45, 2.75) is 25.6 Å². The van der Waals surface area contributed by atoms with E-state index in [-0.39, 0.29) is 24.9 Å². The van der Waals surface area contributed by atoms with E-state index >= 15 is 0 Å². The van der Waals surface area contributed by atoms with Crippen LogP contribution in [0.5, 0.6) is 0 Å². The van der Waals surface area contributed by atoms with Crippen molar-refractivity contribution in [1.82, 2.24) is 15.0 Å². The smallest absolute Gasteiger partial charge is 0.380 e. The first-order valence-corrected chi connectivity index (χ1v) is 11.8. The van der Waals surface area contributed by atoms with Gasteiger partial charge < -0.3 is 25.0 Å². The average molecular weight is 508 g/mol. The zero-order valence-electron chi connectivity index (χ0n) is 20.0. The van der Waals surface area contributed by atoms with Crippen LogP contribution in [0.4, 0.5) is 11.4 Å². The maximum atomic E-state index is 13.3. The van der Waals surface area contributed by atoms with Gasteiger partial charge in [-0.15, -0.1) is 0 Å². The van der Waals surface area contributed by atoms with Gasteiger partial charge in [-0.05, 0) is 55.3 Å². The Morgan fingerprint density at radius 1 is 1.14 bits per heavy atom. The van der Waals surface area contributed by atoms with Gasteiger partial charge in [0.1, 0.15) is 0 Å². The molecule has 3 N–H and O–H groups in total. The molecule has 0 spiro atoms. The standard InChI is InChI=1S/C25H25N5O7/c1-14-3-4-16(23(33)29-9-2-10-29)13-18(14)30-11-12-36-20(24(30)34)19(31)22(32)26-17-7-5-15(6-8-17)21-27-25(35)37-28-21/h3-8,13,19-20,31H,2,9-12H2,1H3,(H,26,32)(H,27,28,35). The van der Waals surface area contributed by atoms with Crippen molar-refractivity contribution < 1.29 is 28.8 Å². The summed E-state index contributed by atoms with van der Waals surface area (Å²) in [5, 5.41) is 16.8. The molecule has 12 nitrogen and oxygen atoms in total. The molecule has 37 heavy (non-hydrogen) atoms. The Balaban J connectivity index is 1.28. The summed E-state index contributed by atoms with van der Waals surface area (Å²) in [7, 11) is 0. The Labute approximate surface area is 210 Å². The highest BCUT2D eigenvalue weighted by molar-refractivity contribution is 6.05. The van der Waals surface area contributed by atoms with Crippen molar-refractivity contribution in [2.24, 2.45) is 0 Å². The van der Waals surface area contributed by atoms with Crippen molar-refractivity contribution in [1.29, 1.82) is 0 Å². The van der Waals surface area contributed by atoms with E-state index in [0.717, 1.165) is 12.0 Å². The van der Waals surface area contributed by atoms with E-state index in [1.54, 1.807) is 47.4 Å². The molecular weight excluding hydrogens is 482 g/mol. The molecule has 2 aliphatic rings. The number of benzene rings is 2. The van der Waals surface area contributed by atoms with Crippen molar-refractivity contribution in [3.63, 3.8) is 0 Å². The van der Waals surface area contributed by atoms with Crippen molar-refractivity contribution in [3.8, 4) is 11.4 Å². The van der Waals surface area contributed by atoms with Crippen molar-refractivity contribution in [2.75, 3.05) is 36.5 Å². The maximum absolute atomic E-state index is 13.3. The summed E-state index contributed by atoms with van der Waals surface area (Å²) in [6.45, 7) is 3.58. The molecule has 5 rings (SSSR count). The molecule has 0 radical (unpaired) electrons. The quantitative estimate of drug-likeness (QED) is 0.444. The fraction of sp³-hybridized carbons (Fsp3) is 0.320. The average Bonchev–Trinajstić information content (AvgIpc) is 3.30. The molecule has 192 valence electrons. The molecule has 0 bridgehead atoms. The summed E-state index contributed by atoms with van der Waals surface area (Å²) in [6.07, 6.45) is -2.21. The summed E-state index contributed by atoms with van der Waals surface area (Å²) in [6, 6.07) is 11.5. The number of ether oxygens (including phenoxy) is 1. The second kappa shape index (κ2) is 9.99. The van der Waals surface area contributed by atoms with E-state index in [9.17, 15) is 24.3 Å². The van der Waals surface area contributed by atoms with Gasteiger partial charge in [0, 0.05) is 42.1 Å². The van der Waals surface area contributed by atoms with E-state index in [2.05, 4.69) is 20.0 Å². The maximum Gasteiger partial charge on any atom is 0.439 e. The van der Waals surface area contributed by atoms with Crippen LogP contribution in [0.3, 0.4) is 0 Å². The predicted molar refractivity (Wildman–Crippen MR) is 131 cm³/mol. The number of likely N-dealkylation sites (tertiary alicyclic amines) is 1. The summed E-state index contributed by atoms with van der Waals surface area (Å²) in [4.78, 5) is 55.4. The van der Waals surface area contributed by atoms with Gasteiger partial charge in [-0.2, -0.15) is 0 Å². The molecule has 2 fully saturated rings. The number of aryl methyl sites for hydroxylation is 1. The minimum Gasteiger partial charge on any atom is -0.380 e. The Bertz CT molecular complexity index is 1390. The van der Waals surface area contributed by atoms with Gasteiger partial charge in [-0.1, -0.05) is 11.2 Å². The van der Waals surface area contributed by atoms with Gasteiger partial charge >= 0.3 is 5.76 Å². The minimum atomic E-state index is -1.77. The number of hydrogen-bond donors (Lipinski definition) is 3. The third kappa shape index (κ3) is 4.88. The molecule has 3 aromatic rings. The number of aromatic amines is 1. The lowest BCUT2D eigenvalue weighted by atomic mass is 10.0. The predicted octanol–water partition coefficient (Wildman–Crippen LogP) is 0.916. The second-order valence-corrected chi connectivity index (χ2v) is 8.88. The van der Waals surface area contributed by atoms with Crippen LogP contribution in [-0.2, 0) is 14.3 Å². The molecule has 2 aliphatic heterocycles. The lowest BCUT2D eigenvalue weighted by molar-refractivity contribution is -0.150. The topological polar surface area (TPSA) is 158 Å². The molecule has 2 saturated heterocycles. The van der Waals surface area contributed by atoms with E-state index in [1.165, 1.54) is 4.90 Å². The van der Waals surface area contributed by atoms with Crippen LogP contribution in [-0.4, -0.2) is 76.3 Å². The molecule has 0 saturated carbocycles. The number of hydrogen-bond acceptors (Lipinski definition) is 8. The summed E-state index contributed by atoms with van der Waals surface area (Å²) in [5.41, 5.74) is 2.70. The van der Waals surface area contributed by atoms with Crippen LogP contribution in [0.1, 0.15) is 22.3 Å². The summed E-state index contributed by atoms with van der Waals surface area (Å²) < 4.78 is 9.97. The fourth-order valence-corrected chi connectivity index (χ4v) is 4.23. The number of carbonyl (C=O) groups excluding carboxylic acids is 3. The highest BCUT2D eigenvalue weighted by Gasteiger charge is 2.40. The Morgan fingerprint density at radius 3 is 2.54 bits per heavy atom. The number of nitrogens with zero attached hydrogens (tertiary/aromatic N) is 3. The molecule has 1 aromatic heterocycles. The number of aliphatic hydroxyl groups is 1. The molecule has 2 atom stereocenters. The first-order chi connectivity index (χ1) is 17.8. The molecule has 2 aromatic carbocycles. The number of H-pyrrole nitrogens is 1. The number of aromatic nitrogens is 2.